The highest BCUT2D eigenvalue weighted by molar-refractivity contribution is 6.19. The molecular weight excluding hydrogens is 528 g/mol. The van der Waals surface area contributed by atoms with Crippen LogP contribution >= 0.6 is 0 Å². The van der Waals surface area contributed by atoms with Crippen molar-refractivity contribution in [3.05, 3.63) is 143 Å². The molecule has 42 heavy (non-hydrogen) atoms. The molecule has 4 aromatic carbocycles. The summed E-state index contributed by atoms with van der Waals surface area (Å²) in [4.78, 5) is 42.1. The van der Waals surface area contributed by atoms with Crippen LogP contribution in [0.15, 0.2) is 126 Å². The van der Waals surface area contributed by atoms with Crippen molar-refractivity contribution in [1.29, 1.82) is 0 Å². The smallest absolute Gasteiger partial charge is 0.329 e. The zero-order chi connectivity index (χ0) is 29.5. The molecule has 0 aliphatic carbocycles. The van der Waals surface area contributed by atoms with Crippen molar-refractivity contribution in [3.63, 3.8) is 0 Å². The minimum atomic E-state index is -0.942. The quantitative estimate of drug-likeness (QED) is 0.156. The Balaban J connectivity index is 1.41. The van der Waals surface area contributed by atoms with Crippen LogP contribution in [0.3, 0.4) is 0 Å². The molecule has 1 heterocycles. The van der Waals surface area contributed by atoms with Gasteiger partial charge in [0.1, 0.15) is 18.4 Å². The first-order valence-electron chi connectivity index (χ1n) is 13.7. The molecule has 0 bridgehead atoms. The predicted molar refractivity (Wildman–Crippen MR) is 161 cm³/mol. The van der Waals surface area contributed by atoms with Crippen LogP contribution in [0.5, 0.6) is 5.75 Å². The van der Waals surface area contributed by atoms with Crippen LogP contribution in [-0.4, -0.2) is 30.9 Å². The fourth-order valence-corrected chi connectivity index (χ4v) is 5.01. The first-order valence-corrected chi connectivity index (χ1v) is 13.7. The van der Waals surface area contributed by atoms with Gasteiger partial charge in [-0.25, -0.2) is 4.79 Å². The largest absolute Gasteiger partial charge is 0.497 e. The van der Waals surface area contributed by atoms with Gasteiger partial charge in [0.15, 0.2) is 0 Å². The maximum absolute atomic E-state index is 13.6. The molecule has 1 N–H and O–H groups in total. The highest BCUT2D eigenvalue weighted by Crippen LogP contribution is 2.44. The van der Waals surface area contributed by atoms with E-state index in [0.29, 0.717) is 17.0 Å². The summed E-state index contributed by atoms with van der Waals surface area (Å²) in [5, 5.41) is 2.85. The Kier molecular flexibility index (Phi) is 8.78. The summed E-state index contributed by atoms with van der Waals surface area (Å²) in [5.41, 5.74) is 3.92. The van der Waals surface area contributed by atoms with Crippen molar-refractivity contribution in [1.82, 2.24) is 5.32 Å². The summed E-state index contributed by atoms with van der Waals surface area (Å²) in [6, 6.07) is 34.2. The first kappa shape index (κ1) is 28.4. The molecule has 1 aliphatic heterocycles. The van der Waals surface area contributed by atoms with Gasteiger partial charge in [0.05, 0.1) is 18.7 Å². The van der Waals surface area contributed by atoms with Gasteiger partial charge in [0.2, 0.25) is 5.91 Å². The summed E-state index contributed by atoms with van der Waals surface area (Å²) in [6.45, 7) is 1.71. The predicted octanol–water partition coefficient (Wildman–Crippen LogP) is 5.57. The van der Waals surface area contributed by atoms with Crippen LogP contribution in [0, 0.1) is 0 Å². The molecule has 1 aliphatic rings. The number of methoxy groups -OCH3 is 1. The monoisotopic (exact) mass is 560 g/mol. The number of ether oxygens (including phenoxy) is 2. The van der Waals surface area contributed by atoms with Gasteiger partial charge in [-0.1, -0.05) is 91.0 Å². The lowest BCUT2D eigenvalue weighted by Gasteiger charge is -2.44. The third-order valence-corrected chi connectivity index (χ3v) is 7.29. The SMILES string of the molecule is COc1ccc(N2C(=O)/C(=C(\C)C(=O)N[C@@H](Cc3ccccc3)C(=O)OCc3ccccc3)C2c2ccccc2)cc1. The van der Waals surface area contributed by atoms with Crippen LogP contribution in [0.25, 0.3) is 0 Å². The molecule has 0 saturated carbocycles. The summed E-state index contributed by atoms with van der Waals surface area (Å²) in [6.07, 6.45) is 0.247. The molecule has 0 aromatic heterocycles. The van der Waals surface area contributed by atoms with Gasteiger partial charge in [-0.2, -0.15) is 0 Å². The van der Waals surface area contributed by atoms with Gasteiger partial charge in [-0.15, -0.1) is 0 Å². The number of benzene rings is 4. The zero-order valence-electron chi connectivity index (χ0n) is 23.5. The van der Waals surface area contributed by atoms with Crippen molar-refractivity contribution in [2.45, 2.75) is 32.0 Å². The number of carbonyl (C=O) groups is 3. The van der Waals surface area contributed by atoms with E-state index in [1.54, 1.807) is 31.1 Å². The summed E-state index contributed by atoms with van der Waals surface area (Å²) in [7, 11) is 1.59. The number of esters is 1. The molecule has 0 radical (unpaired) electrons. The van der Waals surface area contributed by atoms with E-state index in [9.17, 15) is 14.4 Å². The Morgan fingerprint density at radius 3 is 1.98 bits per heavy atom. The molecule has 4 aromatic rings. The van der Waals surface area contributed by atoms with E-state index in [-0.39, 0.29) is 24.5 Å². The lowest BCUT2D eigenvalue weighted by molar-refractivity contribution is -0.148. The number of hydrogen-bond acceptors (Lipinski definition) is 5. The van der Waals surface area contributed by atoms with E-state index in [0.717, 1.165) is 16.7 Å². The average Bonchev–Trinajstić information content (AvgIpc) is 3.03. The maximum atomic E-state index is 13.6. The number of carbonyl (C=O) groups excluding carboxylic acids is 3. The highest BCUT2D eigenvalue weighted by atomic mass is 16.5. The van der Waals surface area contributed by atoms with E-state index in [4.69, 9.17) is 9.47 Å². The molecule has 0 spiro atoms. The van der Waals surface area contributed by atoms with Crippen LogP contribution in [0.2, 0.25) is 0 Å². The van der Waals surface area contributed by atoms with Gasteiger partial charge in [0, 0.05) is 17.7 Å². The van der Waals surface area contributed by atoms with Gasteiger partial charge < -0.3 is 14.8 Å². The Bertz CT molecular complexity index is 1570. The molecule has 5 rings (SSSR count). The van der Waals surface area contributed by atoms with Crippen molar-refractivity contribution in [2.24, 2.45) is 0 Å². The number of rotatable bonds is 10. The highest BCUT2D eigenvalue weighted by Gasteiger charge is 2.46. The van der Waals surface area contributed by atoms with Gasteiger partial charge in [-0.05, 0) is 47.9 Å². The number of amides is 2. The zero-order valence-corrected chi connectivity index (χ0v) is 23.5. The van der Waals surface area contributed by atoms with Crippen LogP contribution in [-0.2, 0) is 32.1 Å². The van der Waals surface area contributed by atoms with E-state index in [2.05, 4.69) is 5.32 Å². The van der Waals surface area contributed by atoms with Crippen LogP contribution in [0.1, 0.15) is 29.7 Å². The molecular formula is C35H32N2O5. The van der Waals surface area contributed by atoms with E-state index in [1.165, 1.54) is 0 Å². The Morgan fingerprint density at radius 2 is 1.38 bits per heavy atom. The summed E-state index contributed by atoms with van der Waals surface area (Å²) in [5.74, 6) is -0.634. The second-order valence-corrected chi connectivity index (χ2v) is 10.0. The molecule has 7 heteroatoms. The number of hydrogen-bond donors (Lipinski definition) is 1. The number of β-lactam (4-membered cyclic amide) rings is 1. The van der Waals surface area contributed by atoms with Crippen molar-refractivity contribution in [3.8, 4) is 5.75 Å². The molecule has 7 nitrogen and oxygen atoms in total. The minimum absolute atomic E-state index is 0.0896. The number of nitrogens with one attached hydrogen (secondary N) is 1. The van der Waals surface area contributed by atoms with E-state index in [1.807, 2.05) is 103 Å². The molecule has 1 fully saturated rings. The average molecular weight is 561 g/mol. The molecule has 212 valence electrons. The standard InChI is InChI=1S/C35H32N2O5/c1-24(31-32(27-16-10-5-11-17-27)37(34(31)39)28-18-20-29(41-2)21-19-28)33(38)36-30(22-25-12-6-3-7-13-25)35(40)42-23-26-14-8-4-9-15-26/h3-21,30,32H,22-23H2,1-2H3,(H,36,38)/b31-24+/t30-,32?/m0/s1. The fourth-order valence-electron chi connectivity index (χ4n) is 5.01. The Morgan fingerprint density at radius 1 is 0.810 bits per heavy atom. The first-order chi connectivity index (χ1) is 20.5. The van der Waals surface area contributed by atoms with Gasteiger partial charge in [-0.3, -0.25) is 14.5 Å². The fraction of sp³-hybridized carbons (Fsp3) is 0.171. The Hall–Kier alpha value is -5.17. The summed E-state index contributed by atoms with van der Waals surface area (Å²) >= 11 is 0. The maximum Gasteiger partial charge on any atom is 0.329 e. The molecule has 1 unspecified atom stereocenters. The Labute approximate surface area is 245 Å². The normalized spacial score (nSPS) is 16.2. The molecule has 1 saturated heterocycles. The van der Waals surface area contributed by atoms with Crippen molar-refractivity contribution < 1.29 is 23.9 Å². The topological polar surface area (TPSA) is 84.9 Å². The lowest BCUT2D eigenvalue weighted by atomic mass is 9.84. The van der Waals surface area contributed by atoms with Crippen molar-refractivity contribution in [2.75, 3.05) is 12.0 Å². The van der Waals surface area contributed by atoms with Gasteiger partial charge in [0.25, 0.3) is 5.91 Å². The number of nitrogens with zero attached hydrogens (tertiary/aromatic N) is 1. The van der Waals surface area contributed by atoms with E-state index < -0.39 is 24.0 Å². The van der Waals surface area contributed by atoms with Crippen LogP contribution < -0.4 is 15.0 Å². The number of anilines is 1. The second kappa shape index (κ2) is 13.0. The third-order valence-electron chi connectivity index (χ3n) is 7.29. The van der Waals surface area contributed by atoms with Crippen molar-refractivity contribution >= 4 is 23.5 Å². The molecule has 2 amide bonds. The van der Waals surface area contributed by atoms with Gasteiger partial charge >= 0.3 is 5.97 Å². The minimum Gasteiger partial charge on any atom is -0.497 e. The lowest BCUT2D eigenvalue weighted by Crippen LogP contribution is -2.51. The molecule has 2 atom stereocenters. The third kappa shape index (κ3) is 6.25. The summed E-state index contributed by atoms with van der Waals surface area (Å²) < 4.78 is 10.9. The second-order valence-electron chi connectivity index (χ2n) is 10.0. The van der Waals surface area contributed by atoms with Crippen LogP contribution in [0.4, 0.5) is 5.69 Å². The van der Waals surface area contributed by atoms with E-state index >= 15 is 0 Å².